The first kappa shape index (κ1) is 20.5. The zero-order chi connectivity index (χ0) is 14.6. The number of rotatable bonds is 2. The third kappa shape index (κ3) is 14.3. The summed E-state index contributed by atoms with van der Waals surface area (Å²) in [5, 5.41) is 0. The Morgan fingerprint density at radius 2 is 1.39 bits per heavy atom. The zero-order valence-corrected chi connectivity index (χ0v) is 14.1. The van der Waals surface area contributed by atoms with Gasteiger partial charge in [0.25, 0.3) is 9.24 Å². The van der Waals surface area contributed by atoms with Gasteiger partial charge in [0, 0.05) is 24.8 Å². The molecule has 0 unspecified atom stereocenters. The van der Waals surface area contributed by atoms with E-state index in [0.29, 0.717) is 0 Å². The van der Waals surface area contributed by atoms with E-state index in [-0.39, 0.29) is 0 Å². The predicted molar refractivity (Wildman–Crippen MR) is 81.3 cm³/mol. The molecule has 1 rings (SSSR count). The van der Waals surface area contributed by atoms with E-state index in [4.69, 9.17) is 10.7 Å². The van der Waals surface area contributed by atoms with Crippen LogP contribution in [0.25, 0.3) is 0 Å². The van der Waals surface area contributed by atoms with Crippen LogP contribution in [0.3, 0.4) is 0 Å². The van der Waals surface area contributed by atoms with Crippen LogP contribution in [-0.4, -0.2) is 26.8 Å². The van der Waals surface area contributed by atoms with E-state index < -0.39 is 9.24 Å². The Balaban J connectivity index is 0. The van der Waals surface area contributed by atoms with Crippen molar-refractivity contribution in [2.24, 2.45) is 5.92 Å². The highest BCUT2D eigenvalue weighted by atomic mass is 35.7. The maximum Gasteiger partial charge on any atom is 0.299 e. The topological polar surface area (TPSA) is 37.4 Å². The van der Waals surface area contributed by atoms with Gasteiger partial charge in [-0.2, -0.15) is 12.7 Å². The average molecular weight is 300 g/mol. The van der Waals surface area contributed by atoms with Crippen molar-refractivity contribution in [1.82, 2.24) is 4.31 Å². The number of halogens is 1. The van der Waals surface area contributed by atoms with Crippen molar-refractivity contribution in [3.63, 3.8) is 0 Å². The van der Waals surface area contributed by atoms with Gasteiger partial charge in [-0.1, -0.05) is 65.7 Å². The van der Waals surface area contributed by atoms with Crippen LogP contribution in [0.1, 0.15) is 65.7 Å². The van der Waals surface area contributed by atoms with Crippen molar-refractivity contribution in [3.05, 3.63) is 0 Å². The molecular formula is C13H30ClNO2S. The highest BCUT2D eigenvalue weighted by molar-refractivity contribution is 8.11. The van der Waals surface area contributed by atoms with Gasteiger partial charge in [-0.3, -0.25) is 0 Å². The molecular weight excluding hydrogens is 270 g/mol. The predicted octanol–water partition coefficient (Wildman–Crippen LogP) is 4.42. The van der Waals surface area contributed by atoms with Gasteiger partial charge in [0.15, 0.2) is 0 Å². The lowest BCUT2D eigenvalue weighted by molar-refractivity contribution is 0.349. The van der Waals surface area contributed by atoms with E-state index in [1.165, 1.54) is 59.0 Å². The Morgan fingerprint density at radius 1 is 1.06 bits per heavy atom. The molecule has 0 aromatic carbocycles. The molecule has 1 saturated carbocycles. The van der Waals surface area contributed by atoms with E-state index in [2.05, 4.69) is 20.8 Å². The number of nitrogens with zero attached hydrogens (tertiary/aromatic N) is 1. The summed E-state index contributed by atoms with van der Waals surface area (Å²) in [5.74, 6) is 1.09. The van der Waals surface area contributed by atoms with Gasteiger partial charge in [0.2, 0.25) is 0 Å². The van der Waals surface area contributed by atoms with Crippen molar-refractivity contribution >= 4 is 19.9 Å². The maximum absolute atomic E-state index is 10.0. The summed E-state index contributed by atoms with van der Waals surface area (Å²) in [6, 6.07) is 0. The molecule has 0 saturated heterocycles. The first-order chi connectivity index (χ1) is 8.29. The molecule has 1 aliphatic carbocycles. The first-order valence-electron chi connectivity index (χ1n) is 6.91. The van der Waals surface area contributed by atoms with Gasteiger partial charge >= 0.3 is 0 Å². The van der Waals surface area contributed by atoms with Crippen LogP contribution < -0.4 is 0 Å². The molecule has 3 nitrogen and oxygen atoms in total. The van der Waals surface area contributed by atoms with E-state index in [1.54, 1.807) is 0 Å². The highest BCUT2D eigenvalue weighted by Gasteiger charge is 2.09. The Bertz CT molecular complexity index is 260. The summed E-state index contributed by atoms with van der Waals surface area (Å²) in [4.78, 5) is 0. The fourth-order valence-corrected chi connectivity index (χ4v) is 1.60. The molecule has 0 amide bonds. The minimum Gasteiger partial charge on any atom is -0.195 e. The summed E-state index contributed by atoms with van der Waals surface area (Å²) in [6.45, 7) is 6.57. The van der Waals surface area contributed by atoms with E-state index in [0.717, 1.165) is 10.2 Å². The second kappa shape index (κ2) is 12.2. The second-order valence-electron chi connectivity index (χ2n) is 4.84. The number of hydrogen-bond acceptors (Lipinski definition) is 2. The van der Waals surface area contributed by atoms with Gasteiger partial charge in [-0.05, 0) is 5.92 Å². The number of hydrogen-bond donors (Lipinski definition) is 0. The third-order valence-corrected chi connectivity index (χ3v) is 4.44. The molecule has 0 N–H and O–H groups in total. The largest absolute Gasteiger partial charge is 0.299 e. The van der Waals surface area contributed by atoms with Gasteiger partial charge in [0.1, 0.15) is 0 Å². The molecule has 0 aromatic rings. The summed E-state index contributed by atoms with van der Waals surface area (Å²) in [5.41, 5.74) is 0. The second-order valence-corrected chi connectivity index (χ2v) is 7.57. The molecule has 0 bridgehead atoms. The monoisotopic (exact) mass is 299 g/mol. The molecule has 0 atom stereocenters. The molecule has 0 aromatic heterocycles. The zero-order valence-electron chi connectivity index (χ0n) is 12.6. The molecule has 0 aliphatic heterocycles. The Labute approximate surface area is 118 Å². The van der Waals surface area contributed by atoms with Gasteiger partial charge in [-0.25, -0.2) is 0 Å². The summed E-state index contributed by atoms with van der Waals surface area (Å²) >= 11 is 0. The SMILES string of the molecule is CCC.CCC1CCCCC1.CN(C)S(=O)(=O)Cl. The Morgan fingerprint density at radius 3 is 1.56 bits per heavy atom. The summed E-state index contributed by atoms with van der Waals surface area (Å²) in [6.07, 6.45) is 10.2. The van der Waals surface area contributed by atoms with Crippen molar-refractivity contribution < 1.29 is 8.42 Å². The van der Waals surface area contributed by atoms with Crippen LogP contribution in [0.15, 0.2) is 0 Å². The Hall–Kier alpha value is 0.200. The van der Waals surface area contributed by atoms with Crippen LogP contribution in [0.2, 0.25) is 0 Å². The van der Waals surface area contributed by atoms with Crippen LogP contribution in [-0.2, 0) is 9.24 Å². The van der Waals surface area contributed by atoms with Crippen molar-refractivity contribution in [3.8, 4) is 0 Å². The summed E-state index contributed by atoms with van der Waals surface area (Å²) in [7, 11) is 4.06. The smallest absolute Gasteiger partial charge is 0.195 e. The molecule has 1 aliphatic rings. The molecule has 0 radical (unpaired) electrons. The quantitative estimate of drug-likeness (QED) is 0.708. The third-order valence-electron chi connectivity index (χ3n) is 2.74. The minimum atomic E-state index is -3.44. The lowest BCUT2D eigenvalue weighted by Gasteiger charge is -2.18. The molecule has 5 heteroatoms. The molecule has 112 valence electrons. The van der Waals surface area contributed by atoms with Crippen LogP contribution >= 0.6 is 10.7 Å². The van der Waals surface area contributed by atoms with Gasteiger partial charge < -0.3 is 0 Å². The lowest BCUT2D eigenvalue weighted by atomic mass is 9.88. The first-order valence-corrected chi connectivity index (χ1v) is 9.18. The molecule has 1 fully saturated rings. The van der Waals surface area contributed by atoms with Crippen molar-refractivity contribution in [2.45, 2.75) is 65.7 Å². The fraction of sp³-hybridized carbons (Fsp3) is 1.00. The summed E-state index contributed by atoms with van der Waals surface area (Å²) < 4.78 is 21.0. The van der Waals surface area contributed by atoms with Crippen molar-refractivity contribution in [1.29, 1.82) is 0 Å². The molecule has 18 heavy (non-hydrogen) atoms. The Kier molecular flexibility index (Phi) is 14.0. The van der Waals surface area contributed by atoms with Crippen LogP contribution in [0.5, 0.6) is 0 Å². The minimum absolute atomic E-state index is 0.925. The molecule has 0 spiro atoms. The van der Waals surface area contributed by atoms with E-state index in [9.17, 15) is 8.42 Å². The van der Waals surface area contributed by atoms with Crippen molar-refractivity contribution in [2.75, 3.05) is 14.1 Å². The fourth-order valence-electron chi connectivity index (χ4n) is 1.60. The van der Waals surface area contributed by atoms with E-state index >= 15 is 0 Å². The normalized spacial score (nSPS) is 16.4. The lowest BCUT2D eigenvalue weighted by Crippen LogP contribution is -2.15. The average Bonchev–Trinajstić information content (AvgIpc) is 2.31. The standard InChI is InChI=1S/C8H16.C3H8.C2H6ClNO2S/c1-2-8-6-4-3-5-7-8;1-3-2;1-4(2)7(3,5)6/h8H,2-7H2,1H3;3H2,1-2H3;1-2H3. The highest BCUT2D eigenvalue weighted by Crippen LogP contribution is 2.25. The molecule has 0 heterocycles. The van der Waals surface area contributed by atoms with E-state index in [1.807, 2.05) is 0 Å². The maximum atomic E-state index is 10.0. The van der Waals surface area contributed by atoms with Crippen LogP contribution in [0, 0.1) is 5.92 Å². The van der Waals surface area contributed by atoms with Gasteiger partial charge in [-0.15, -0.1) is 0 Å². The van der Waals surface area contributed by atoms with Gasteiger partial charge in [0.05, 0.1) is 0 Å². The van der Waals surface area contributed by atoms with Crippen LogP contribution in [0.4, 0.5) is 0 Å².